The predicted molar refractivity (Wildman–Crippen MR) is 85.7 cm³/mol. The Labute approximate surface area is 132 Å². The van der Waals surface area contributed by atoms with Gasteiger partial charge >= 0.3 is 0 Å². The second-order valence-corrected chi connectivity index (χ2v) is 7.54. The van der Waals surface area contributed by atoms with E-state index in [9.17, 15) is 8.42 Å². The Bertz CT molecular complexity index is 561. The number of nitrogens with two attached hydrogens (primary N) is 1. The molecule has 0 aliphatic carbocycles. The number of nitrogens with zero attached hydrogens (tertiary/aromatic N) is 2. The van der Waals surface area contributed by atoms with E-state index in [0.717, 1.165) is 18.4 Å². The summed E-state index contributed by atoms with van der Waals surface area (Å²) in [4.78, 5) is 0. The van der Waals surface area contributed by atoms with Gasteiger partial charge in [0.15, 0.2) is 0 Å². The van der Waals surface area contributed by atoms with Gasteiger partial charge in [0.05, 0.1) is 0 Å². The Kier molecular flexibility index (Phi) is 5.27. The first-order chi connectivity index (χ1) is 9.59. The van der Waals surface area contributed by atoms with Crippen molar-refractivity contribution in [1.29, 1.82) is 0 Å². The molecule has 0 spiro atoms. The molecule has 0 amide bonds. The number of hydrogen-bond acceptors (Lipinski definition) is 3. The summed E-state index contributed by atoms with van der Waals surface area (Å²) in [7, 11) is -3.33. The zero-order chi connectivity index (χ0) is 14.2. The zero-order valence-electron chi connectivity index (χ0n) is 11.9. The average molecular weight is 332 g/mol. The lowest BCUT2D eigenvalue weighted by molar-refractivity contribution is 0.394. The highest BCUT2D eigenvalue weighted by Gasteiger charge is 2.40. The summed E-state index contributed by atoms with van der Waals surface area (Å²) in [5.74, 6) is 0.0913. The zero-order valence-corrected chi connectivity index (χ0v) is 13.5. The van der Waals surface area contributed by atoms with E-state index < -0.39 is 10.2 Å². The lowest BCUT2D eigenvalue weighted by Crippen LogP contribution is -2.42. The molecule has 0 aromatic heterocycles. The predicted octanol–water partition coefficient (Wildman–Crippen LogP) is 1.18. The van der Waals surface area contributed by atoms with Crippen LogP contribution in [-0.2, 0) is 10.2 Å². The summed E-state index contributed by atoms with van der Waals surface area (Å²) >= 11 is 0. The summed E-state index contributed by atoms with van der Waals surface area (Å²) < 4.78 is 28.3. The largest absolute Gasteiger partial charge is 0.326 e. The molecule has 2 heterocycles. The Morgan fingerprint density at radius 1 is 1.00 bits per heavy atom. The lowest BCUT2D eigenvalue weighted by Gasteiger charge is -2.23. The first-order valence-electron chi connectivity index (χ1n) is 7.15. The van der Waals surface area contributed by atoms with Crippen LogP contribution in [0.2, 0.25) is 0 Å². The third-order valence-electron chi connectivity index (χ3n) is 4.28. The summed E-state index contributed by atoms with van der Waals surface area (Å²) in [5, 5.41) is 0. The number of rotatable bonds is 3. The SMILES string of the molecule is Cl.N[C@@H]1CN(S(=O)(=O)N2CCCC2)C[C@H]1c1ccccc1. The molecular weight excluding hydrogens is 310 g/mol. The maximum atomic E-state index is 12.6. The van der Waals surface area contributed by atoms with Gasteiger partial charge in [-0.2, -0.15) is 17.0 Å². The van der Waals surface area contributed by atoms with Crippen molar-refractivity contribution < 1.29 is 8.42 Å². The molecule has 3 rings (SSSR count). The van der Waals surface area contributed by atoms with Crippen LogP contribution in [0.3, 0.4) is 0 Å². The summed E-state index contributed by atoms with van der Waals surface area (Å²) in [6.45, 7) is 2.19. The van der Waals surface area contributed by atoms with Crippen LogP contribution in [-0.4, -0.2) is 49.2 Å². The van der Waals surface area contributed by atoms with E-state index in [4.69, 9.17) is 5.73 Å². The van der Waals surface area contributed by atoms with Gasteiger partial charge in [-0.1, -0.05) is 30.3 Å². The molecule has 0 radical (unpaired) electrons. The van der Waals surface area contributed by atoms with Crippen LogP contribution in [0, 0.1) is 0 Å². The van der Waals surface area contributed by atoms with Gasteiger partial charge in [0.2, 0.25) is 0 Å². The third kappa shape index (κ3) is 3.24. The second kappa shape index (κ2) is 6.62. The molecule has 118 valence electrons. The second-order valence-electron chi connectivity index (χ2n) is 5.61. The molecule has 2 N–H and O–H groups in total. The van der Waals surface area contributed by atoms with Gasteiger partial charge in [0.25, 0.3) is 10.2 Å². The summed E-state index contributed by atoms with van der Waals surface area (Å²) in [6.07, 6.45) is 1.92. The molecule has 5 nitrogen and oxygen atoms in total. The van der Waals surface area contributed by atoms with Crippen LogP contribution in [0.15, 0.2) is 30.3 Å². The molecule has 7 heteroatoms. The Morgan fingerprint density at radius 3 is 2.24 bits per heavy atom. The van der Waals surface area contributed by atoms with Crippen molar-refractivity contribution >= 4 is 22.6 Å². The van der Waals surface area contributed by atoms with Crippen LogP contribution in [0.25, 0.3) is 0 Å². The first kappa shape index (κ1) is 16.7. The van der Waals surface area contributed by atoms with E-state index in [0.29, 0.717) is 26.2 Å². The van der Waals surface area contributed by atoms with E-state index in [1.165, 1.54) is 0 Å². The highest BCUT2D eigenvalue weighted by atomic mass is 35.5. The minimum Gasteiger partial charge on any atom is -0.326 e. The van der Waals surface area contributed by atoms with Gasteiger partial charge in [0, 0.05) is 38.1 Å². The maximum absolute atomic E-state index is 12.6. The molecular formula is C14H22ClN3O2S. The fourth-order valence-corrected chi connectivity index (χ4v) is 4.87. The smallest absolute Gasteiger partial charge is 0.282 e. The molecule has 2 fully saturated rings. The lowest BCUT2D eigenvalue weighted by atomic mass is 9.95. The van der Waals surface area contributed by atoms with Crippen molar-refractivity contribution in [1.82, 2.24) is 8.61 Å². The number of hydrogen-bond donors (Lipinski definition) is 1. The highest BCUT2D eigenvalue weighted by Crippen LogP contribution is 2.30. The van der Waals surface area contributed by atoms with Crippen LogP contribution < -0.4 is 5.73 Å². The molecule has 2 atom stereocenters. The summed E-state index contributed by atoms with van der Waals surface area (Å²) in [5.41, 5.74) is 7.30. The van der Waals surface area contributed by atoms with Crippen LogP contribution in [0.4, 0.5) is 0 Å². The van der Waals surface area contributed by atoms with E-state index in [-0.39, 0.29) is 24.4 Å². The van der Waals surface area contributed by atoms with E-state index >= 15 is 0 Å². The van der Waals surface area contributed by atoms with Crippen molar-refractivity contribution in [3.63, 3.8) is 0 Å². The molecule has 0 bridgehead atoms. The minimum absolute atomic E-state index is 0. The Morgan fingerprint density at radius 2 is 1.62 bits per heavy atom. The van der Waals surface area contributed by atoms with E-state index in [2.05, 4.69) is 0 Å². The number of benzene rings is 1. The molecule has 2 aliphatic heterocycles. The molecule has 0 unspecified atom stereocenters. The van der Waals surface area contributed by atoms with Crippen molar-refractivity contribution in [2.24, 2.45) is 5.73 Å². The van der Waals surface area contributed by atoms with E-state index in [1.54, 1.807) is 8.61 Å². The fraction of sp³-hybridized carbons (Fsp3) is 0.571. The highest BCUT2D eigenvalue weighted by molar-refractivity contribution is 7.86. The summed E-state index contributed by atoms with van der Waals surface area (Å²) in [6, 6.07) is 9.82. The molecule has 21 heavy (non-hydrogen) atoms. The maximum Gasteiger partial charge on any atom is 0.282 e. The van der Waals surface area contributed by atoms with Gasteiger partial charge in [-0.3, -0.25) is 0 Å². The average Bonchev–Trinajstić information content (AvgIpc) is 3.09. The number of halogens is 1. The Balaban J connectivity index is 0.00000161. The van der Waals surface area contributed by atoms with Gasteiger partial charge in [0.1, 0.15) is 0 Å². The topological polar surface area (TPSA) is 66.6 Å². The first-order valence-corrected chi connectivity index (χ1v) is 8.54. The van der Waals surface area contributed by atoms with Crippen LogP contribution >= 0.6 is 12.4 Å². The minimum atomic E-state index is -3.33. The van der Waals surface area contributed by atoms with E-state index in [1.807, 2.05) is 30.3 Å². The van der Waals surface area contributed by atoms with Crippen LogP contribution in [0.5, 0.6) is 0 Å². The van der Waals surface area contributed by atoms with Crippen molar-refractivity contribution in [2.45, 2.75) is 24.8 Å². The normalized spacial score (nSPS) is 27.7. The van der Waals surface area contributed by atoms with Crippen molar-refractivity contribution in [3.8, 4) is 0 Å². The molecule has 2 aliphatic rings. The van der Waals surface area contributed by atoms with Gasteiger partial charge < -0.3 is 5.73 Å². The third-order valence-corrected chi connectivity index (χ3v) is 6.25. The molecule has 1 aromatic carbocycles. The van der Waals surface area contributed by atoms with Crippen molar-refractivity contribution in [2.75, 3.05) is 26.2 Å². The molecule has 2 saturated heterocycles. The molecule has 1 aromatic rings. The van der Waals surface area contributed by atoms with Gasteiger partial charge in [-0.05, 0) is 18.4 Å². The van der Waals surface area contributed by atoms with Gasteiger partial charge in [-0.25, -0.2) is 0 Å². The Hall–Kier alpha value is -0.660. The standard InChI is InChI=1S/C14H21N3O2S.ClH/c15-14-11-17(20(18,19)16-8-4-5-9-16)10-13(14)12-6-2-1-3-7-12;/h1-3,6-7,13-14H,4-5,8-11,15H2;1H/t13-,14+;/m0./s1. The van der Waals surface area contributed by atoms with Gasteiger partial charge in [-0.15, -0.1) is 12.4 Å². The van der Waals surface area contributed by atoms with Crippen molar-refractivity contribution in [3.05, 3.63) is 35.9 Å². The monoisotopic (exact) mass is 331 g/mol. The fourth-order valence-electron chi connectivity index (χ4n) is 3.12. The molecule has 0 saturated carbocycles. The quantitative estimate of drug-likeness (QED) is 0.904. The van der Waals surface area contributed by atoms with Crippen LogP contribution in [0.1, 0.15) is 24.3 Å².